The first-order valence-corrected chi connectivity index (χ1v) is 5.74. The standard InChI is InChI=1S/C13H19NO2/c1-9-11-8-13(16-4)12(15-3)7-10(11)5-6-14(9)2/h7-9H,5-6H2,1-4H3/p+1/t9-/m1/s1. The highest BCUT2D eigenvalue weighted by molar-refractivity contribution is 5.48. The van der Waals surface area contributed by atoms with E-state index in [1.165, 1.54) is 17.7 Å². The number of likely N-dealkylation sites (N-methyl/N-ethyl adjacent to an activating group) is 1. The number of methoxy groups -OCH3 is 2. The Labute approximate surface area is 97.0 Å². The van der Waals surface area contributed by atoms with Gasteiger partial charge in [0.1, 0.15) is 6.04 Å². The molecule has 1 aliphatic rings. The van der Waals surface area contributed by atoms with Crippen molar-refractivity contribution in [3.8, 4) is 11.5 Å². The van der Waals surface area contributed by atoms with E-state index in [1.54, 1.807) is 19.1 Å². The van der Waals surface area contributed by atoms with Crippen molar-refractivity contribution in [1.29, 1.82) is 0 Å². The van der Waals surface area contributed by atoms with E-state index in [9.17, 15) is 0 Å². The molecule has 88 valence electrons. The van der Waals surface area contributed by atoms with Crippen LogP contribution in [0.25, 0.3) is 0 Å². The Morgan fingerprint density at radius 1 is 1.19 bits per heavy atom. The number of hydrogen-bond donors (Lipinski definition) is 1. The molecule has 3 nitrogen and oxygen atoms in total. The topological polar surface area (TPSA) is 22.9 Å². The molecule has 0 bridgehead atoms. The van der Waals surface area contributed by atoms with Gasteiger partial charge >= 0.3 is 0 Å². The quantitative estimate of drug-likeness (QED) is 0.801. The van der Waals surface area contributed by atoms with Gasteiger partial charge in [0.2, 0.25) is 0 Å². The lowest BCUT2D eigenvalue weighted by molar-refractivity contribution is -0.912. The predicted octanol–water partition coefficient (Wildman–Crippen LogP) is 0.836. The molecule has 1 aromatic carbocycles. The van der Waals surface area contributed by atoms with Crippen LogP contribution in [0.1, 0.15) is 24.1 Å². The summed E-state index contributed by atoms with van der Waals surface area (Å²) in [4.78, 5) is 1.56. The van der Waals surface area contributed by atoms with E-state index < -0.39 is 0 Å². The van der Waals surface area contributed by atoms with Crippen molar-refractivity contribution in [2.45, 2.75) is 19.4 Å². The molecule has 0 radical (unpaired) electrons. The fourth-order valence-electron chi connectivity index (χ4n) is 2.37. The summed E-state index contributed by atoms with van der Waals surface area (Å²) in [5, 5.41) is 0. The summed E-state index contributed by atoms with van der Waals surface area (Å²) in [5.74, 6) is 1.68. The fraction of sp³-hybridized carbons (Fsp3) is 0.538. The SMILES string of the molecule is COc1cc2c(cc1OC)[C@@H](C)[NH+](C)CC2. The summed E-state index contributed by atoms with van der Waals surface area (Å²) in [7, 11) is 5.62. The van der Waals surface area contributed by atoms with Crippen LogP contribution >= 0.6 is 0 Å². The summed E-state index contributed by atoms with van der Waals surface area (Å²) in [6.45, 7) is 3.45. The van der Waals surface area contributed by atoms with Crippen LogP contribution < -0.4 is 14.4 Å². The molecular formula is C13H20NO2+. The molecule has 1 unspecified atom stereocenters. The van der Waals surface area contributed by atoms with E-state index in [0.717, 1.165) is 17.9 Å². The smallest absolute Gasteiger partial charge is 0.161 e. The average molecular weight is 222 g/mol. The van der Waals surface area contributed by atoms with Gasteiger partial charge in [-0.3, -0.25) is 0 Å². The van der Waals surface area contributed by atoms with E-state index in [4.69, 9.17) is 9.47 Å². The molecule has 1 aliphatic heterocycles. The van der Waals surface area contributed by atoms with Crippen molar-refractivity contribution in [3.63, 3.8) is 0 Å². The zero-order valence-electron chi connectivity index (χ0n) is 10.5. The van der Waals surface area contributed by atoms with Crippen LogP contribution in [0.5, 0.6) is 11.5 Å². The maximum atomic E-state index is 5.35. The number of ether oxygens (including phenoxy) is 2. The Hall–Kier alpha value is -1.22. The number of nitrogens with one attached hydrogen (secondary N) is 1. The first-order chi connectivity index (χ1) is 7.67. The zero-order chi connectivity index (χ0) is 11.7. The maximum absolute atomic E-state index is 5.35. The molecule has 0 spiro atoms. The van der Waals surface area contributed by atoms with Gasteiger partial charge in [0.05, 0.1) is 27.8 Å². The lowest BCUT2D eigenvalue weighted by atomic mass is 9.93. The maximum Gasteiger partial charge on any atom is 0.161 e. The van der Waals surface area contributed by atoms with Crippen LogP contribution in [0.3, 0.4) is 0 Å². The number of benzene rings is 1. The zero-order valence-corrected chi connectivity index (χ0v) is 10.5. The molecule has 0 fully saturated rings. The van der Waals surface area contributed by atoms with E-state index in [0.29, 0.717) is 6.04 Å². The normalized spacial score (nSPS) is 23.8. The van der Waals surface area contributed by atoms with Crippen LogP contribution in [0.4, 0.5) is 0 Å². The molecule has 1 aromatic rings. The predicted molar refractivity (Wildman–Crippen MR) is 63.4 cm³/mol. The van der Waals surface area contributed by atoms with Crippen molar-refractivity contribution in [3.05, 3.63) is 23.3 Å². The minimum absolute atomic E-state index is 0.531. The summed E-state index contributed by atoms with van der Waals surface area (Å²) in [6.07, 6.45) is 1.12. The van der Waals surface area contributed by atoms with Crippen LogP contribution in [0.15, 0.2) is 12.1 Å². The minimum atomic E-state index is 0.531. The lowest BCUT2D eigenvalue weighted by Crippen LogP contribution is -3.10. The van der Waals surface area contributed by atoms with E-state index >= 15 is 0 Å². The van der Waals surface area contributed by atoms with Gasteiger partial charge in [0.25, 0.3) is 0 Å². The number of rotatable bonds is 2. The Morgan fingerprint density at radius 2 is 1.81 bits per heavy atom. The highest BCUT2D eigenvalue weighted by atomic mass is 16.5. The molecular weight excluding hydrogens is 202 g/mol. The number of fused-ring (bicyclic) bond motifs is 1. The van der Waals surface area contributed by atoms with Gasteiger partial charge < -0.3 is 14.4 Å². The molecule has 1 heterocycles. The second-order valence-corrected chi connectivity index (χ2v) is 4.47. The third kappa shape index (κ3) is 1.76. The molecule has 0 saturated carbocycles. The highest BCUT2D eigenvalue weighted by Crippen LogP contribution is 2.33. The number of hydrogen-bond acceptors (Lipinski definition) is 2. The van der Waals surface area contributed by atoms with Gasteiger partial charge in [-0.1, -0.05) is 0 Å². The first-order valence-electron chi connectivity index (χ1n) is 5.74. The molecule has 0 amide bonds. The van der Waals surface area contributed by atoms with Crippen molar-refractivity contribution in [2.75, 3.05) is 27.8 Å². The second-order valence-electron chi connectivity index (χ2n) is 4.47. The third-order valence-corrected chi connectivity index (χ3v) is 3.64. The van der Waals surface area contributed by atoms with Crippen molar-refractivity contribution >= 4 is 0 Å². The largest absolute Gasteiger partial charge is 0.493 e. The van der Waals surface area contributed by atoms with Crippen LogP contribution in [-0.4, -0.2) is 27.8 Å². The summed E-state index contributed by atoms with van der Waals surface area (Å²) >= 11 is 0. The molecule has 2 rings (SSSR count). The molecule has 3 heteroatoms. The summed E-state index contributed by atoms with van der Waals surface area (Å²) in [6, 6.07) is 4.78. The monoisotopic (exact) mass is 222 g/mol. The van der Waals surface area contributed by atoms with E-state index in [-0.39, 0.29) is 0 Å². The minimum Gasteiger partial charge on any atom is -0.493 e. The average Bonchev–Trinajstić information content (AvgIpc) is 2.32. The summed E-state index contributed by atoms with van der Waals surface area (Å²) < 4.78 is 10.7. The van der Waals surface area contributed by atoms with Crippen molar-refractivity contribution < 1.29 is 14.4 Å². The number of quaternary nitrogens is 1. The molecule has 0 saturated heterocycles. The van der Waals surface area contributed by atoms with Gasteiger partial charge in [-0.05, 0) is 24.6 Å². The Balaban J connectivity index is 2.48. The molecule has 2 atom stereocenters. The lowest BCUT2D eigenvalue weighted by Gasteiger charge is -2.29. The van der Waals surface area contributed by atoms with E-state index in [1.807, 2.05) is 0 Å². The van der Waals surface area contributed by atoms with Gasteiger partial charge in [-0.25, -0.2) is 0 Å². The Bertz CT molecular complexity index is 390. The third-order valence-electron chi connectivity index (χ3n) is 3.64. The summed E-state index contributed by atoms with van der Waals surface area (Å²) in [5.41, 5.74) is 2.79. The van der Waals surface area contributed by atoms with Gasteiger partial charge in [0, 0.05) is 12.0 Å². The van der Waals surface area contributed by atoms with E-state index in [2.05, 4.69) is 26.1 Å². The Morgan fingerprint density at radius 3 is 2.44 bits per heavy atom. The van der Waals surface area contributed by atoms with Crippen LogP contribution in [0.2, 0.25) is 0 Å². The first kappa shape index (κ1) is 11.3. The molecule has 16 heavy (non-hydrogen) atoms. The second kappa shape index (κ2) is 4.34. The fourth-order valence-corrected chi connectivity index (χ4v) is 2.37. The highest BCUT2D eigenvalue weighted by Gasteiger charge is 2.26. The van der Waals surface area contributed by atoms with Crippen molar-refractivity contribution in [2.24, 2.45) is 0 Å². The van der Waals surface area contributed by atoms with Crippen molar-refractivity contribution in [1.82, 2.24) is 0 Å². The van der Waals surface area contributed by atoms with Crippen LogP contribution in [0, 0.1) is 0 Å². The van der Waals surface area contributed by atoms with Crippen LogP contribution in [-0.2, 0) is 6.42 Å². The molecule has 1 N–H and O–H groups in total. The molecule has 0 aliphatic carbocycles. The van der Waals surface area contributed by atoms with Gasteiger partial charge in [-0.15, -0.1) is 0 Å². The Kier molecular flexibility index (Phi) is 3.06. The van der Waals surface area contributed by atoms with Gasteiger partial charge in [-0.2, -0.15) is 0 Å². The molecule has 0 aromatic heterocycles. The van der Waals surface area contributed by atoms with Gasteiger partial charge in [0.15, 0.2) is 11.5 Å².